The summed E-state index contributed by atoms with van der Waals surface area (Å²) in [6.07, 6.45) is 3.69. The highest BCUT2D eigenvalue weighted by Gasteiger charge is 2.46. The van der Waals surface area contributed by atoms with Crippen molar-refractivity contribution in [3.05, 3.63) is 66.2 Å². The van der Waals surface area contributed by atoms with E-state index in [1.165, 1.54) is 15.4 Å². The molecule has 2 aliphatic rings. The van der Waals surface area contributed by atoms with Crippen LogP contribution in [0.5, 0.6) is 0 Å². The number of nitrogens with one attached hydrogen (secondary N) is 1. The summed E-state index contributed by atoms with van der Waals surface area (Å²) in [5, 5.41) is 0. The number of quaternary nitrogens is 1. The molecule has 2 aliphatic heterocycles. The third-order valence-corrected chi connectivity index (χ3v) is 5.77. The number of hydrogen-bond donors (Lipinski definition) is 1. The number of anilines is 1. The fourth-order valence-electron chi connectivity index (χ4n) is 4.35. The summed E-state index contributed by atoms with van der Waals surface area (Å²) >= 11 is 0. The lowest BCUT2D eigenvalue weighted by Gasteiger charge is -2.32. The molecule has 2 aromatic carbocycles. The number of benzene rings is 2. The third-order valence-electron chi connectivity index (χ3n) is 5.77. The molecule has 0 spiro atoms. The number of nitrogens with zero attached hydrogens (tertiary/aromatic N) is 1. The Morgan fingerprint density at radius 3 is 2.15 bits per heavy atom. The summed E-state index contributed by atoms with van der Waals surface area (Å²) in [5.74, 6) is 0.585. The maximum Gasteiger partial charge on any atom is 0.292 e. The van der Waals surface area contributed by atoms with Gasteiger partial charge in [0.2, 0.25) is 5.91 Å². The average molecular weight is 349 g/mol. The average Bonchev–Trinajstić information content (AvgIpc) is 2.98. The van der Waals surface area contributed by atoms with Crippen LogP contribution in [0, 0.1) is 5.92 Å². The quantitative estimate of drug-likeness (QED) is 0.856. The van der Waals surface area contributed by atoms with E-state index in [9.17, 15) is 9.59 Å². The van der Waals surface area contributed by atoms with Gasteiger partial charge in [-0.05, 0) is 42.9 Å². The molecule has 0 aliphatic carbocycles. The summed E-state index contributed by atoms with van der Waals surface area (Å²) in [6.45, 7) is 1.95. The second kappa shape index (κ2) is 7.42. The Morgan fingerprint density at radius 1 is 0.885 bits per heavy atom. The molecule has 134 valence electrons. The van der Waals surface area contributed by atoms with Crippen LogP contribution in [0.4, 0.5) is 5.69 Å². The normalized spacial score (nSPS) is 26.3. The number of rotatable bonds is 4. The second-order valence-electron chi connectivity index (χ2n) is 7.45. The van der Waals surface area contributed by atoms with E-state index in [1.807, 2.05) is 30.3 Å². The van der Waals surface area contributed by atoms with Gasteiger partial charge < -0.3 is 4.90 Å². The van der Waals surface area contributed by atoms with Crippen LogP contribution in [0.25, 0.3) is 0 Å². The Balaban J connectivity index is 1.37. The van der Waals surface area contributed by atoms with Crippen LogP contribution >= 0.6 is 0 Å². The summed E-state index contributed by atoms with van der Waals surface area (Å²) in [4.78, 5) is 28.0. The second-order valence-corrected chi connectivity index (χ2v) is 7.45. The highest BCUT2D eigenvalue weighted by atomic mass is 16.2. The molecule has 26 heavy (non-hydrogen) atoms. The minimum atomic E-state index is -0.208. The number of imide groups is 1. The SMILES string of the molecule is O=C1C[C@H]([NH+]2CCC(Cc3ccccc3)CC2)C(=O)N1c1ccccc1. The predicted molar refractivity (Wildman–Crippen MR) is 101 cm³/mol. The molecule has 0 unspecified atom stereocenters. The van der Waals surface area contributed by atoms with Crippen LogP contribution in [0.3, 0.4) is 0 Å². The van der Waals surface area contributed by atoms with Crippen molar-refractivity contribution in [2.45, 2.75) is 31.7 Å². The standard InChI is InChI=1S/C22H24N2O2/c25-21-16-20(22(26)24(21)19-9-5-2-6-10-19)23-13-11-18(12-14-23)15-17-7-3-1-4-8-17/h1-10,18,20H,11-16H2/p+1/t20-/m0/s1. The van der Waals surface area contributed by atoms with Crippen molar-refractivity contribution in [3.63, 3.8) is 0 Å². The fraction of sp³-hybridized carbons (Fsp3) is 0.364. The van der Waals surface area contributed by atoms with Gasteiger partial charge in [0.25, 0.3) is 5.91 Å². The van der Waals surface area contributed by atoms with Gasteiger partial charge in [-0.3, -0.25) is 9.59 Å². The zero-order chi connectivity index (χ0) is 17.9. The van der Waals surface area contributed by atoms with Gasteiger partial charge in [-0.1, -0.05) is 48.5 Å². The van der Waals surface area contributed by atoms with E-state index in [1.54, 1.807) is 0 Å². The topological polar surface area (TPSA) is 41.8 Å². The van der Waals surface area contributed by atoms with Gasteiger partial charge in [0.05, 0.1) is 25.2 Å². The molecule has 4 nitrogen and oxygen atoms in total. The lowest BCUT2D eigenvalue weighted by molar-refractivity contribution is -0.920. The molecule has 2 aromatic rings. The van der Waals surface area contributed by atoms with Gasteiger partial charge in [0.15, 0.2) is 6.04 Å². The number of hydrogen-bond acceptors (Lipinski definition) is 2. The van der Waals surface area contributed by atoms with Crippen molar-refractivity contribution in [2.24, 2.45) is 5.92 Å². The molecule has 2 fully saturated rings. The van der Waals surface area contributed by atoms with Crippen molar-refractivity contribution in [3.8, 4) is 0 Å². The molecule has 0 radical (unpaired) electrons. The van der Waals surface area contributed by atoms with Crippen LogP contribution in [0.15, 0.2) is 60.7 Å². The lowest BCUT2D eigenvalue weighted by atomic mass is 9.89. The van der Waals surface area contributed by atoms with E-state index in [0.29, 0.717) is 18.0 Å². The largest absolute Gasteiger partial charge is 0.324 e. The summed E-state index contributed by atoms with van der Waals surface area (Å²) in [6, 6.07) is 19.7. The Bertz CT molecular complexity index is 767. The zero-order valence-corrected chi connectivity index (χ0v) is 14.9. The Kier molecular flexibility index (Phi) is 4.85. The molecule has 1 atom stereocenters. The molecule has 1 N–H and O–H groups in total. The van der Waals surface area contributed by atoms with Crippen molar-refractivity contribution in [1.82, 2.24) is 0 Å². The van der Waals surface area contributed by atoms with Crippen molar-refractivity contribution in [1.29, 1.82) is 0 Å². The van der Waals surface area contributed by atoms with Crippen LogP contribution in [0.1, 0.15) is 24.8 Å². The zero-order valence-electron chi connectivity index (χ0n) is 14.9. The third kappa shape index (κ3) is 3.42. The summed E-state index contributed by atoms with van der Waals surface area (Å²) in [7, 11) is 0. The maximum atomic E-state index is 12.9. The minimum Gasteiger partial charge on any atom is -0.324 e. The summed E-state index contributed by atoms with van der Waals surface area (Å²) < 4.78 is 0. The monoisotopic (exact) mass is 349 g/mol. The molecule has 2 saturated heterocycles. The Hall–Kier alpha value is -2.46. The molecule has 4 rings (SSSR count). The molecule has 0 saturated carbocycles. The molecule has 0 bridgehead atoms. The first-order valence-corrected chi connectivity index (χ1v) is 9.52. The highest BCUT2D eigenvalue weighted by Crippen LogP contribution is 2.22. The maximum absolute atomic E-state index is 12.9. The van der Waals surface area contributed by atoms with Crippen LogP contribution in [-0.2, 0) is 16.0 Å². The van der Waals surface area contributed by atoms with E-state index in [2.05, 4.69) is 30.3 Å². The number of amides is 2. The number of para-hydroxylation sites is 1. The van der Waals surface area contributed by atoms with Gasteiger partial charge in [-0.15, -0.1) is 0 Å². The van der Waals surface area contributed by atoms with Crippen LogP contribution < -0.4 is 9.80 Å². The van der Waals surface area contributed by atoms with E-state index in [0.717, 1.165) is 32.4 Å². The summed E-state index contributed by atoms with van der Waals surface area (Å²) in [5.41, 5.74) is 2.09. The Morgan fingerprint density at radius 2 is 1.50 bits per heavy atom. The van der Waals surface area contributed by atoms with E-state index in [-0.39, 0.29) is 17.9 Å². The Labute approximate surface area is 154 Å². The minimum absolute atomic E-state index is 0.0299. The number of piperidine rings is 1. The van der Waals surface area contributed by atoms with Crippen LogP contribution in [-0.4, -0.2) is 30.9 Å². The molecule has 4 heteroatoms. The number of carbonyl (C=O) groups excluding carboxylic acids is 2. The first kappa shape index (κ1) is 17.0. The van der Waals surface area contributed by atoms with Gasteiger partial charge in [-0.25, -0.2) is 4.90 Å². The predicted octanol–water partition coefficient (Wildman–Crippen LogP) is 1.86. The number of likely N-dealkylation sites (tertiary alicyclic amines) is 1. The lowest BCUT2D eigenvalue weighted by Crippen LogP contribution is -3.17. The first-order valence-electron chi connectivity index (χ1n) is 9.52. The smallest absolute Gasteiger partial charge is 0.292 e. The van der Waals surface area contributed by atoms with Gasteiger partial charge in [0, 0.05) is 0 Å². The fourth-order valence-corrected chi connectivity index (χ4v) is 4.35. The van der Waals surface area contributed by atoms with E-state index < -0.39 is 0 Å². The van der Waals surface area contributed by atoms with Crippen molar-refractivity contribution < 1.29 is 14.5 Å². The van der Waals surface area contributed by atoms with Gasteiger partial charge in [-0.2, -0.15) is 0 Å². The highest BCUT2D eigenvalue weighted by molar-refractivity contribution is 6.21. The van der Waals surface area contributed by atoms with E-state index >= 15 is 0 Å². The van der Waals surface area contributed by atoms with Crippen LogP contribution in [0.2, 0.25) is 0 Å². The van der Waals surface area contributed by atoms with Gasteiger partial charge >= 0.3 is 0 Å². The molecule has 2 amide bonds. The first-order chi connectivity index (χ1) is 12.7. The van der Waals surface area contributed by atoms with E-state index in [4.69, 9.17) is 0 Å². The van der Waals surface area contributed by atoms with Crippen molar-refractivity contribution in [2.75, 3.05) is 18.0 Å². The van der Waals surface area contributed by atoms with Crippen molar-refractivity contribution >= 4 is 17.5 Å². The molecule has 0 aromatic heterocycles. The number of carbonyl (C=O) groups is 2. The molecule has 2 heterocycles. The molecular formula is C22H25N2O2+. The van der Waals surface area contributed by atoms with Gasteiger partial charge in [0.1, 0.15) is 0 Å². The molecular weight excluding hydrogens is 324 g/mol.